The summed E-state index contributed by atoms with van der Waals surface area (Å²) in [6.07, 6.45) is 3.14. The number of carbonyl (C=O) groups excluding carboxylic acids is 2. The molecule has 8 nitrogen and oxygen atoms in total. The number of rotatable bonds is 7. The zero-order chi connectivity index (χ0) is 29.2. The highest BCUT2D eigenvalue weighted by Gasteiger charge is 2.52. The number of amides is 1. The number of nitrogens with zero attached hydrogens (tertiary/aromatic N) is 3. The van der Waals surface area contributed by atoms with Crippen molar-refractivity contribution in [3.8, 4) is 11.8 Å². The number of ketones is 1. The monoisotopic (exact) mass is 587 g/mol. The summed E-state index contributed by atoms with van der Waals surface area (Å²) in [4.78, 5) is 34.4. The lowest BCUT2D eigenvalue weighted by atomic mass is 9.76. The molecule has 1 amide bonds. The van der Waals surface area contributed by atoms with Crippen LogP contribution >= 0.6 is 11.6 Å². The van der Waals surface area contributed by atoms with Crippen LogP contribution < -0.4 is 15.4 Å². The molecule has 0 spiro atoms. The van der Waals surface area contributed by atoms with Crippen molar-refractivity contribution in [3.05, 3.63) is 95.0 Å². The van der Waals surface area contributed by atoms with Crippen molar-refractivity contribution in [2.24, 2.45) is 11.8 Å². The Bertz CT molecular complexity index is 1460. The SMILES string of the molecule is N#CC1CNC(c2ccccn2)CC1C(=O)C1NC[C@H](c2ccc(Cl)cc2)[C@H]1N(C(=O)Oc1ccc(F)cc1)C1CC1. The molecular formula is C32H31ClFN5O3. The molecule has 42 heavy (non-hydrogen) atoms. The summed E-state index contributed by atoms with van der Waals surface area (Å²) in [5.74, 6) is -1.58. The van der Waals surface area contributed by atoms with Crippen LogP contribution in [-0.2, 0) is 4.79 Å². The fraction of sp³-hybridized carbons (Fsp3) is 0.375. The molecule has 0 bridgehead atoms. The average molecular weight is 588 g/mol. The van der Waals surface area contributed by atoms with Crippen LogP contribution in [0.4, 0.5) is 9.18 Å². The number of benzene rings is 2. The molecule has 2 saturated heterocycles. The predicted molar refractivity (Wildman–Crippen MR) is 154 cm³/mol. The molecule has 3 fully saturated rings. The van der Waals surface area contributed by atoms with Crippen molar-refractivity contribution in [2.45, 2.75) is 49.3 Å². The van der Waals surface area contributed by atoms with Gasteiger partial charge in [0.05, 0.1) is 35.8 Å². The van der Waals surface area contributed by atoms with Gasteiger partial charge < -0.3 is 15.4 Å². The Morgan fingerprint density at radius 3 is 2.45 bits per heavy atom. The van der Waals surface area contributed by atoms with Crippen LogP contribution in [0, 0.1) is 29.0 Å². The summed E-state index contributed by atoms with van der Waals surface area (Å²) in [5.41, 5.74) is 1.77. The summed E-state index contributed by atoms with van der Waals surface area (Å²) in [5, 5.41) is 17.4. The van der Waals surface area contributed by atoms with Gasteiger partial charge in [-0.3, -0.25) is 14.7 Å². The first-order valence-corrected chi connectivity index (χ1v) is 14.6. The first-order chi connectivity index (χ1) is 20.4. The highest BCUT2D eigenvalue weighted by molar-refractivity contribution is 6.30. The van der Waals surface area contributed by atoms with Crippen LogP contribution in [0.3, 0.4) is 0 Å². The van der Waals surface area contributed by atoms with E-state index >= 15 is 0 Å². The number of ether oxygens (including phenoxy) is 1. The molecule has 3 aliphatic rings. The molecular weight excluding hydrogens is 557 g/mol. The molecule has 0 radical (unpaired) electrons. The number of hydrogen-bond donors (Lipinski definition) is 2. The van der Waals surface area contributed by atoms with E-state index in [2.05, 4.69) is 21.7 Å². The smallest absolute Gasteiger partial charge is 0.410 e. The number of pyridine rings is 1. The third kappa shape index (κ3) is 5.88. The maximum absolute atomic E-state index is 14.5. The highest BCUT2D eigenvalue weighted by Crippen LogP contribution is 2.41. The largest absolute Gasteiger partial charge is 0.415 e. The van der Waals surface area contributed by atoms with E-state index in [1.807, 2.05) is 30.3 Å². The Labute approximate surface area is 248 Å². The Hall–Kier alpha value is -3.84. The molecule has 2 aromatic carbocycles. The van der Waals surface area contributed by atoms with Gasteiger partial charge in [0.1, 0.15) is 11.6 Å². The molecule has 1 aromatic heterocycles. The molecule has 2 aliphatic heterocycles. The second-order valence-electron chi connectivity index (χ2n) is 11.2. The standard InChI is InChI=1S/C32H31ClFN5O3/c33-21-6-4-19(5-7-21)26-18-38-29(30(26)39(23-10-11-23)32(41)42-24-12-8-22(34)9-13-24)31(40)25-15-28(37-17-20(25)16-35)27-3-1-2-14-36-27/h1-9,12-14,20,23,25-26,28-30,37-38H,10-11,15,17-18H2/t20?,25?,26-,28?,29?,30-/m1/s1. The van der Waals surface area contributed by atoms with E-state index in [9.17, 15) is 19.2 Å². The summed E-state index contributed by atoms with van der Waals surface area (Å²) in [6, 6.07) is 19.2. The van der Waals surface area contributed by atoms with Crippen molar-refractivity contribution >= 4 is 23.5 Å². The third-order valence-electron chi connectivity index (χ3n) is 8.54. The van der Waals surface area contributed by atoms with E-state index < -0.39 is 35.8 Å². The number of Topliss-reactive ketones (excluding diaryl/α,β-unsaturated/α-hetero) is 1. The average Bonchev–Trinajstić information content (AvgIpc) is 3.76. The minimum atomic E-state index is -0.713. The van der Waals surface area contributed by atoms with Crippen LogP contribution in [-0.4, -0.2) is 53.0 Å². The maximum atomic E-state index is 14.5. The number of nitriles is 1. The number of hydrogen-bond acceptors (Lipinski definition) is 7. The third-order valence-corrected chi connectivity index (χ3v) is 8.79. The molecule has 6 rings (SSSR count). The van der Waals surface area contributed by atoms with Gasteiger partial charge >= 0.3 is 6.09 Å². The van der Waals surface area contributed by atoms with Crippen LogP contribution in [0.25, 0.3) is 0 Å². The van der Waals surface area contributed by atoms with Gasteiger partial charge in [-0.05, 0) is 73.4 Å². The summed E-state index contributed by atoms with van der Waals surface area (Å²) >= 11 is 6.18. The molecule has 1 aliphatic carbocycles. The summed E-state index contributed by atoms with van der Waals surface area (Å²) in [7, 11) is 0. The zero-order valence-electron chi connectivity index (χ0n) is 22.8. The van der Waals surface area contributed by atoms with E-state index in [-0.39, 0.29) is 29.5 Å². The Kier molecular flexibility index (Phi) is 8.20. The van der Waals surface area contributed by atoms with Gasteiger partial charge in [0.2, 0.25) is 0 Å². The number of piperidine rings is 1. The van der Waals surface area contributed by atoms with E-state index in [0.717, 1.165) is 24.1 Å². The van der Waals surface area contributed by atoms with E-state index in [0.29, 0.717) is 24.5 Å². The molecule has 4 unspecified atom stereocenters. The van der Waals surface area contributed by atoms with Crippen LogP contribution in [0.2, 0.25) is 5.02 Å². The minimum Gasteiger partial charge on any atom is -0.410 e. The van der Waals surface area contributed by atoms with Gasteiger partial charge in [-0.2, -0.15) is 5.26 Å². The van der Waals surface area contributed by atoms with Crippen LogP contribution in [0.1, 0.15) is 42.5 Å². The lowest BCUT2D eigenvalue weighted by Gasteiger charge is -2.38. The fourth-order valence-corrected chi connectivity index (χ4v) is 6.43. The van der Waals surface area contributed by atoms with Gasteiger partial charge in [0, 0.05) is 42.2 Å². The molecule has 6 atom stereocenters. The number of nitrogens with one attached hydrogen (secondary N) is 2. The normalized spacial score (nSPS) is 27.2. The van der Waals surface area contributed by atoms with Crippen molar-refractivity contribution in [2.75, 3.05) is 13.1 Å². The van der Waals surface area contributed by atoms with Crippen molar-refractivity contribution < 1.29 is 18.7 Å². The van der Waals surface area contributed by atoms with Gasteiger partial charge in [-0.25, -0.2) is 9.18 Å². The number of carbonyl (C=O) groups is 2. The molecule has 1 saturated carbocycles. The fourth-order valence-electron chi connectivity index (χ4n) is 6.30. The molecule has 10 heteroatoms. The Balaban J connectivity index is 1.33. The minimum absolute atomic E-state index is 0.0889. The zero-order valence-corrected chi connectivity index (χ0v) is 23.6. The Morgan fingerprint density at radius 1 is 1.02 bits per heavy atom. The summed E-state index contributed by atoms with van der Waals surface area (Å²) < 4.78 is 19.2. The quantitative estimate of drug-likeness (QED) is 0.400. The second-order valence-corrected chi connectivity index (χ2v) is 11.6. The van der Waals surface area contributed by atoms with Crippen LogP contribution in [0.15, 0.2) is 72.9 Å². The number of aromatic nitrogens is 1. The Morgan fingerprint density at radius 2 is 1.79 bits per heavy atom. The van der Waals surface area contributed by atoms with Gasteiger partial charge in [0.25, 0.3) is 0 Å². The second kappa shape index (κ2) is 12.2. The van der Waals surface area contributed by atoms with E-state index in [1.54, 1.807) is 23.2 Å². The van der Waals surface area contributed by atoms with Crippen LogP contribution in [0.5, 0.6) is 5.75 Å². The van der Waals surface area contributed by atoms with E-state index in [4.69, 9.17) is 16.3 Å². The molecule has 2 N–H and O–H groups in total. The predicted octanol–water partition coefficient (Wildman–Crippen LogP) is 5.02. The first-order valence-electron chi connectivity index (χ1n) is 14.2. The lowest BCUT2D eigenvalue weighted by molar-refractivity contribution is -0.128. The maximum Gasteiger partial charge on any atom is 0.415 e. The van der Waals surface area contributed by atoms with Gasteiger partial charge in [0.15, 0.2) is 5.78 Å². The number of halogens is 2. The lowest BCUT2D eigenvalue weighted by Crippen LogP contribution is -2.56. The summed E-state index contributed by atoms with van der Waals surface area (Å²) in [6.45, 7) is 0.826. The van der Waals surface area contributed by atoms with Gasteiger partial charge in [-0.15, -0.1) is 0 Å². The molecule has 216 valence electrons. The van der Waals surface area contributed by atoms with Crippen molar-refractivity contribution in [1.82, 2.24) is 20.5 Å². The highest BCUT2D eigenvalue weighted by atomic mass is 35.5. The first kappa shape index (κ1) is 28.3. The molecule has 3 heterocycles. The topological polar surface area (TPSA) is 107 Å². The van der Waals surface area contributed by atoms with Crippen molar-refractivity contribution in [1.29, 1.82) is 5.26 Å². The van der Waals surface area contributed by atoms with Gasteiger partial charge in [-0.1, -0.05) is 29.8 Å². The van der Waals surface area contributed by atoms with Crippen molar-refractivity contribution in [3.63, 3.8) is 0 Å². The van der Waals surface area contributed by atoms with E-state index in [1.165, 1.54) is 24.3 Å². The molecule has 3 aromatic rings.